The molecule has 0 spiro atoms. The lowest BCUT2D eigenvalue weighted by Crippen LogP contribution is -1.90. The highest BCUT2D eigenvalue weighted by molar-refractivity contribution is 6.35. The van der Waals surface area contributed by atoms with Gasteiger partial charge in [-0.3, -0.25) is 0 Å². The Morgan fingerprint density at radius 1 is 1.08 bits per heavy atom. The van der Waals surface area contributed by atoms with Gasteiger partial charge in [-0.25, -0.2) is 0 Å². The van der Waals surface area contributed by atoms with E-state index in [1.54, 1.807) is 0 Å². The summed E-state index contributed by atoms with van der Waals surface area (Å²) in [5.74, 6) is 0. The van der Waals surface area contributed by atoms with Gasteiger partial charge in [0.05, 0.1) is 0 Å². The number of aliphatic hydroxyl groups is 1. The molecule has 1 aromatic rings. The molecule has 1 rings (SSSR count). The van der Waals surface area contributed by atoms with Crippen molar-refractivity contribution >= 4 is 23.2 Å². The number of unbranched alkanes of at least 4 members (excludes halogenated alkanes) is 1. The highest BCUT2D eigenvalue weighted by Gasteiger charge is 2.03. The predicted octanol–water partition coefficient (Wildman–Crippen LogP) is 3.31. The molecule has 1 N–H and O–H groups in total. The van der Waals surface area contributed by atoms with Gasteiger partial charge < -0.3 is 5.11 Å². The summed E-state index contributed by atoms with van der Waals surface area (Å²) in [6.45, 7) is 0.224. The van der Waals surface area contributed by atoms with Crippen molar-refractivity contribution in [2.75, 3.05) is 6.61 Å². The van der Waals surface area contributed by atoms with E-state index in [9.17, 15) is 0 Å². The Kier molecular flexibility index (Phi) is 4.57. The monoisotopic (exact) mass is 218 g/mol. The van der Waals surface area contributed by atoms with Gasteiger partial charge in [0.2, 0.25) is 0 Å². The minimum absolute atomic E-state index is 0.224. The van der Waals surface area contributed by atoms with Crippen molar-refractivity contribution in [2.24, 2.45) is 0 Å². The highest BCUT2D eigenvalue weighted by atomic mass is 35.5. The van der Waals surface area contributed by atoms with Crippen LogP contribution in [0.2, 0.25) is 10.0 Å². The summed E-state index contributed by atoms with van der Waals surface area (Å²) in [6.07, 6.45) is 2.54. The Balaban J connectivity index is 2.64. The summed E-state index contributed by atoms with van der Waals surface area (Å²) in [7, 11) is 0. The first-order chi connectivity index (χ1) is 6.25. The quantitative estimate of drug-likeness (QED) is 0.770. The van der Waals surface area contributed by atoms with Crippen LogP contribution in [0.5, 0.6) is 0 Å². The molecule has 3 heteroatoms. The number of hydrogen-bond acceptors (Lipinski definition) is 1. The van der Waals surface area contributed by atoms with Crippen LogP contribution in [-0.4, -0.2) is 11.7 Å². The number of benzene rings is 1. The third-order valence-corrected chi connectivity index (χ3v) is 2.60. The SMILES string of the molecule is OCCCCc1c(Cl)cccc1Cl. The zero-order valence-electron chi connectivity index (χ0n) is 7.26. The molecule has 13 heavy (non-hydrogen) atoms. The number of aliphatic hydroxyl groups excluding tert-OH is 1. The second-order valence-electron chi connectivity index (χ2n) is 2.88. The predicted molar refractivity (Wildman–Crippen MR) is 56.5 cm³/mol. The molecule has 0 unspecified atom stereocenters. The van der Waals surface area contributed by atoms with Crippen molar-refractivity contribution in [3.05, 3.63) is 33.8 Å². The van der Waals surface area contributed by atoms with Crippen LogP contribution in [0.4, 0.5) is 0 Å². The second kappa shape index (κ2) is 5.48. The Bertz CT molecular complexity index is 253. The molecule has 0 atom stereocenters. The van der Waals surface area contributed by atoms with E-state index in [0.717, 1.165) is 24.8 Å². The van der Waals surface area contributed by atoms with Crippen LogP contribution in [0.3, 0.4) is 0 Å². The minimum atomic E-state index is 0.224. The molecular weight excluding hydrogens is 207 g/mol. The zero-order valence-corrected chi connectivity index (χ0v) is 8.78. The first kappa shape index (κ1) is 10.8. The van der Waals surface area contributed by atoms with Gasteiger partial charge in [0.1, 0.15) is 0 Å². The van der Waals surface area contributed by atoms with Gasteiger partial charge in [-0.2, -0.15) is 0 Å². The van der Waals surface area contributed by atoms with E-state index in [2.05, 4.69) is 0 Å². The summed E-state index contributed by atoms with van der Waals surface area (Å²) in [5, 5.41) is 10.0. The summed E-state index contributed by atoms with van der Waals surface area (Å²) in [6, 6.07) is 5.50. The molecule has 1 nitrogen and oxygen atoms in total. The van der Waals surface area contributed by atoms with Crippen molar-refractivity contribution in [3.63, 3.8) is 0 Å². The van der Waals surface area contributed by atoms with Crippen LogP contribution in [0.15, 0.2) is 18.2 Å². The van der Waals surface area contributed by atoms with Crippen LogP contribution in [0.25, 0.3) is 0 Å². The van der Waals surface area contributed by atoms with Gasteiger partial charge in [0, 0.05) is 16.7 Å². The number of rotatable bonds is 4. The normalized spacial score (nSPS) is 10.4. The first-order valence-corrected chi connectivity index (χ1v) is 5.05. The summed E-state index contributed by atoms with van der Waals surface area (Å²) in [5.41, 5.74) is 0.985. The standard InChI is InChI=1S/C10H12Cl2O/c11-9-5-3-6-10(12)8(9)4-1-2-7-13/h3,5-6,13H,1-2,4,7H2. The smallest absolute Gasteiger partial charge is 0.0452 e. The fourth-order valence-electron chi connectivity index (χ4n) is 1.18. The lowest BCUT2D eigenvalue weighted by atomic mass is 10.1. The lowest BCUT2D eigenvalue weighted by Gasteiger charge is -2.05. The van der Waals surface area contributed by atoms with E-state index < -0.39 is 0 Å². The molecule has 1 aromatic carbocycles. The van der Waals surface area contributed by atoms with Crippen LogP contribution in [0.1, 0.15) is 18.4 Å². The molecule has 0 fully saturated rings. The molecule has 72 valence electrons. The van der Waals surface area contributed by atoms with E-state index in [0.29, 0.717) is 10.0 Å². The van der Waals surface area contributed by atoms with Gasteiger partial charge in [-0.05, 0) is 37.0 Å². The topological polar surface area (TPSA) is 20.2 Å². The van der Waals surface area contributed by atoms with Crippen LogP contribution in [0, 0.1) is 0 Å². The Hall–Kier alpha value is -0.240. The molecule has 0 saturated carbocycles. The van der Waals surface area contributed by atoms with Crippen molar-refractivity contribution in [2.45, 2.75) is 19.3 Å². The first-order valence-electron chi connectivity index (χ1n) is 4.29. The van der Waals surface area contributed by atoms with Gasteiger partial charge >= 0.3 is 0 Å². The summed E-state index contributed by atoms with van der Waals surface area (Å²) in [4.78, 5) is 0. The molecule has 0 aliphatic heterocycles. The molecule has 0 aromatic heterocycles. The third kappa shape index (κ3) is 3.18. The third-order valence-electron chi connectivity index (χ3n) is 1.90. The van der Waals surface area contributed by atoms with Crippen molar-refractivity contribution in [3.8, 4) is 0 Å². The van der Waals surface area contributed by atoms with Crippen LogP contribution in [-0.2, 0) is 6.42 Å². The van der Waals surface area contributed by atoms with Gasteiger partial charge in [-0.1, -0.05) is 29.3 Å². The maximum Gasteiger partial charge on any atom is 0.0452 e. The molecule has 0 heterocycles. The van der Waals surface area contributed by atoms with Crippen molar-refractivity contribution < 1.29 is 5.11 Å². The van der Waals surface area contributed by atoms with Gasteiger partial charge in [0.25, 0.3) is 0 Å². The van der Waals surface area contributed by atoms with Crippen LogP contribution < -0.4 is 0 Å². The highest BCUT2D eigenvalue weighted by Crippen LogP contribution is 2.25. The minimum Gasteiger partial charge on any atom is -0.396 e. The average Bonchev–Trinajstić information content (AvgIpc) is 2.10. The zero-order chi connectivity index (χ0) is 9.68. The molecule has 0 saturated heterocycles. The van der Waals surface area contributed by atoms with Gasteiger partial charge in [-0.15, -0.1) is 0 Å². The number of halogens is 2. The fraction of sp³-hybridized carbons (Fsp3) is 0.400. The maximum atomic E-state index is 8.62. The average molecular weight is 219 g/mol. The Labute approximate surface area is 88.3 Å². The molecule has 0 bridgehead atoms. The maximum absolute atomic E-state index is 8.62. The second-order valence-corrected chi connectivity index (χ2v) is 3.70. The Morgan fingerprint density at radius 2 is 1.69 bits per heavy atom. The van der Waals surface area contributed by atoms with E-state index in [1.165, 1.54) is 0 Å². The van der Waals surface area contributed by atoms with Crippen molar-refractivity contribution in [1.82, 2.24) is 0 Å². The van der Waals surface area contributed by atoms with E-state index in [1.807, 2.05) is 18.2 Å². The largest absolute Gasteiger partial charge is 0.396 e. The van der Waals surface area contributed by atoms with E-state index in [4.69, 9.17) is 28.3 Å². The number of hydrogen-bond donors (Lipinski definition) is 1. The van der Waals surface area contributed by atoms with Crippen LogP contribution >= 0.6 is 23.2 Å². The molecule has 0 aliphatic rings. The summed E-state index contributed by atoms with van der Waals surface area (Å²) >= 11 is 11.9. The molecule has 0 amide bonds. The lowest BCUT2D eigenvalue weighted by molar-refractivity contribution is 0.284. The Morgan fingerprint density at radius 3 is 2.23 bits per heavy atom. The van der Waals surface area contributed by atoms with Gasteiger partial charge in [0.15, 0.2) is 0 Å². The fourth-order valence-corrected chi connectivity index (χ4v) is 1.77. The summed E-state index contributed by atoms with van der Waals surface area (Å²) < 4.78 is 0. The molecular formula is C10H12Cl2O. The van der Waals surface area contributed by atoms with E-state index >= 15 is 0 Å². The molecule has 0 aliphatic carbocycles. The van der Waals surface area contributed by atoms with Crippen molar-refractivity contribution in [1.29, 1.82) is 0 Å². The van der Waals surface area contributed by atoms with E-state index in [-0.39, 0.29) is 6.61 Å². The molecule has 0 radical (unpaired) electrons.